The number of methoxy groups -OCH3 is 2. The summed E-state index contributed by atoms with van der Waals surface area (Å²) in [6.45, 7) is 2.76. The summed E-state index contributed by atoms with van der Waals surface area (Å²) in [4.78, 5) is 2.33. The summed E-state index contributed by atoms with van der Waals surface area (Å²) in [6.07, 6.45) is 0. The number of hydrogen-bond donors (Lipinski definition) is 0. The van der Waals surface area contributed by atoms with Crippen LogP contribution in [-0.4, -0.2) is 58.0 Å². The van der Waals surface area contributed by atoms with Crippen LogP contribution in [0.25, 0.3) is 0 Å². The Morgan fingerprint density at radius 1 is 0.897 bits per heavy atom. The maximum Gasteiger partial charge on any atom is 0.243 e. The van der Waals surface area contributed by atoms with Gasteiger partial charge in [0.1, 0.15) is 0 Å². The Bertz CT molecular complexity index is 928. The molecule has 2 aromatic rings. The molecule has 0 amide bonds. The molecule has 0 N–H and O–H groups in total. The highest BCUT2D eigenvalue weighted by molar-refractivity contribution is 7.89. The summed E-state index contributed by atoms with van der Waals surface area (Å²) in [5.41, 5.74) is 1.08. The lowest BCUT2D eigenvalue weighted by Crippen LogP contribution is -2.48. The van der Waals surface area contributed by atoms with Gasteiger partial charge in [0.25, 0.3) is 0 Å². The third-order valence-electron chi connectivity index (χ3n) is 4.66. The SMILES string of the molecule is COc1ccc(CN2CCN(S(=O)(=O)c3cc(Cl)cc(Cl)c3)CC2)cc1OC.Cl. The number of sulfonamides is 1. The fourth-order valence-electron chi connectivity index (χ4n) is 3.19. The molecule has 1 fully saturated rings. The van der Waals surface area contributed by atoms with Gasteiger partial charge in [0.15, 0.2) is 11.5 Å². The first-order valence-corrected chi connectivity index (χ1v) is 10.9. The highest BCUT2D eigenvalue weighted by Crippen LogP contribution is 2.29. The van der Waals surface area contributed by atoms with Crippen molar-refractivity contribution in [3.63, 3.8) is 0 Å². The summed E-state index contributed by atoms with van der Waals surface area (Å²) in [6, 6.07) is 10.2. The number of benzene rings is 2. The van der Waals surface area contributed by atoms with Gasteiger partial charge in [-0.05, 0) is 35.9 Å². The molecule has 0 radical (unpaired) electrons. The maximum atomic E-state index is 12.9. The van der Waals surface area contributed by atoms with Gasteiger partial charge < -0.3 is 9.47 Å². The van der Waals surface area contributed by atoms with Crippen molar-refractivity contribution in [2.75, 3.05) is 40.4 Å². The second-order valence-electron chi connectivity index (χ2n) is 6.47. The highest BCUT2D eigenvalue weighted by Gasteiger charge is 2.29. The Balaban J connectivity index is 0.00000300. The van der Waals surface area contributed by atoms with Gasteiger partial charge in [0.2, 0.25) is 10.0 Å². The van der Waals surface area contributed by atoms with Crippen LogP contribution >= 0.6 is 35.6 Å². The molecular weight excluding hydrogens is 459 g/mol. The first-order chi connectivity index (χ1) is 13.3. The zero-order chi connectivity index (χ0) is 20.3. The lowest BCUT2D eigenvalue weighted by Gasteiger charge is -2.34. The summed E-state index contributed by atoms with van der Waals surface area (Å²) in [5.74, 6) is 1.36. The maximum absolute atomic E-state index is 12.9. The minimum absolute atomic E-state index is 0. The van der Waals surface area contributed by atoms with Gasteiger partial charge in [-0.3, -0.25) is 4.90 Å². The van der Waals surface area contributed by atoms with E-state index in [2.05, 4.69) is 4.90 Å². The summed E-state index contributed by atoms with van der Waals surface area (Å²) in [5, 5.41) is 0.608. The van der Waals surface area contributed by atoms with E-state index >= 15 is 0 Å². The highest BCUT2D eigenvalue weighted by atomic mass is 35.5. The molecule has 3 rings (SSSR count). The van der Waals surface area contributed by atoms with E-state index in [1.54, 1.807) is 14.2 Å². The summed E-state index contributed by atoms with van der Waals surface area (Å²) >= 11 is 11.9. The van der Waals surface area contributed by atoms with Crippen LogP contribution in [0.2, 0.25) is 10.0 Å². The standard InChI is InChI=1S/C19H22Cl2N2O4S.ClH/c1-26-18-4-3-14(9-19(18)27-2)13-22-5-7-23(8-6-22)28(24,25)17-11-15(20)10-16(21)12-17;/h3-4,9-12H,5-8,13H2,1-2H3;1H. The van der Waals surface area contributed by atoms with Crippen molar-refractivity contribution in [1.29, 1.82) is 0 Å². The van der Waals surface area contributed by atoms with Gasteiger partial charge in [0.05, 0.1) is 19.1 Å². The van der Waals surface area contributed by atoms with E-state index in [1.165, 1.54) is 22.5 Å². The van der Waals surface area contributed by atoms with E-state index in [0.29, 0.717) is 54.3 Å². The van der Waals surface area contributed by atoms with Gasteiger partial charge in [-0.15, -0.1) is 12.4 Å². The lowest BCUT2D eigenvalue weighted by atomic mass is 10.1. The first kappa shape index (κ1) is 24.1. The second-order valence-corrected chi connectivity index (χ2v) is 9.29. The molecule has 1 heterocycles. The van der Waals surface area contributed by atoms with Crippen molar-refractivity contribution in [3.05, 3.63) is 52.0 Å². The first-order valence-electron chi connectivity index (χ1n) is 8.73. The average Bonchev–Trinajstić information content (AvgIpc) is 2.67. The van der Waals surface area contributed by atoms with Crippen molar-refractivity contribution in [2.45, 2.75) is 11.4 Å². The van der Waals surface area contributed by atoms with Crippen molar-refractivity contribution >= 4 is 45.6 Å². The molecule has 2 aromatic carbocycles. The number of nitrogens with zero attached hydrogens (tertiary/aromatic N) is 2. The fraction of sp³-hybridized carbons (Fsp3) is 0.368. The molecule has 1 saturated heterocycles. The van der Waals surface area contributed by atoms with Gasteiger partial charge >= 0.3 is 0 Å². The van der Waals surface area contributed by atoms with Crippen molar-refractivity contribution < 1.29 is 17.9 Å². The Morgan fingerprint density at radius 2 is 1.48 bits per heavy atom. The third kappa shape index (κ3) is 5.69. The second kappa shape index (κ2) is 10.2. The summed E-state index contributed by atoms with van der Waals surface area (Å²) in [7, 11) is -0.416. The zero-order valence-corrected chi connectivity index (χ0v) is 19.2. The van der Waals surface area contributed by atoms with Gasteiger partial charge in [-0.1, -0.05) is 29.3 Å². The molecule has 1 aliphatic heterocycles. The third-order valence-corrected chi connectivity index (χ3v) is 6.97. The number of piperazine rings is 1. The number of rotatable bonds is 6. The van der Waals surface area contributed by atoms with E-state index < -0.39 is 10.0 Å². The normalized spacial score (nSPS) is 15.6. The van der Waals surface area contributed by atoms with E-state index in [-0.39, 0.29) is 17.3 Å². The lowest BCUT2D eigenvalue weighted by molar-refractivity contribution is 0.181. The largest absolute Gasteiger partial charge is 0.493 e. The molecule has 6 nitrogen and oxygen atoms in total. The van der Waals surface area contributed by atoms with Gasteiger partial charge in [-0.2, -0.15) is 4.31 Å². The Labute approximate surface area is 187 Å². The molecular formula is C19H23Cl3N2O4S. The Kier molecular flexibility index (Phi) is 8.46. The quantitative estimate of drug-likeness (QED) is 0.625. The smallest absolute Gasteiger partial charge is 0.243 e. The predicted molar refractivity (Wildman–Crippen MR) is 117 cm³/mol. The average molecular weight is 482 g/mol. The van der Waals surface area contributed by atoms with Crippen LogP contribution in [-0.2, 0) is 16.6 Å². The molecule has 1 aliphatic rings. The molecule has 10 heteroatoms. The van der Waals surface area contributed by atoms with Crippen LogP contribution in [0.1, 0.15) is 5.56 Å². The van der Waals surface area contributed by atoms with E-state index in [0.717, 1.165) is 5.56 Å². The molecule has 0 aliphatic carbocycles. The van der Waals surface area contributed by atoms with E-state index in [4.69, 9.17) is 32.7 Å². The molecule has 0 unspecified atom stereocenters. The minimum Gasteiger partial charge on any atom is -0.493 e. The van der Waals surface area contributed by atoms with Crippen molar-refractivity contribution in [2.24, 2.45) is 0 Å². The Hall–Kier alpha value is -1.22. The topological polar surface area (TPSA) is 59.1 Å². The van der Waals surface area contributed by atoms with Crippen LogP contribution in [0.15, 0.2) is 41.3 Å². The van der Waals surface area contributed by atoms with Crippen LogP contribution < -0.4 is 9.47 Å². The van der Waals surface area contributed by atoms with Gasteiger partial charge in [0, 0.05) is 42.8 Å². The van der Waals surface area contributed by atoms with Crippen molar-refractivity contribution in [1.82, 2.24) is 9.21 Å². The predicted octanol–water partition coefficient (Wildman–Crippen LogP) is 3.94. The van der Waals surface area contributed by atoms with Crippen LogP contribution in [0, 0.1) is 0 Å². The zero-order valence-electron chi connectivity index (χ0n) is 16.1. The Morgan fingerprint density at radius 3 is 2.03 bits per heavy atom. The molecule has 0 saturated carbocycles. The molecule has 0 atom stereocenters. The summed E-state index contributed by atoms with van der Waals surface area (Å²) < 4.78 is 37.8. The van der Waals surface area contributed by atoms with Crippen LogP contribution in [0.4, 0.5) is 0 Å². The molecule has 0 aromatic heterocycles. The monoisotopic (exact) mass is 480 g/mol. The van der Waals surface area contributed by atoms with Crippen LogP contribution in [0.3, 0.4) is 0 Å². The van der Waals surface area contributed by atoms with Crippen molar-refractivity contribution in [3.8, 4) is 11.5 Å². The molecule has 160 valence electrons. The number of ether oxygens (including phenoxy) is 2. The number of hydrogen-bond acceptors (Lipinski definition) is 5. The van der Waals surface area contributed by atoms with E-state index in [9.17, 15) is 8.42 Å². The minimum atomic E-state index is -3.62. The molecule has 0 spiro atoms. The van der Waals surface area contributed by atoms with Gasteiger partial charge in [-0.25, -0.2) is 8.42 Å². The van der Waals surface area contributed by atoms with Crippen LogP contribution in [0.5, 0.6) is 11.5 Å². The molecule has 0 bridgehead atoms. The van der Waals surface area contributed by atoms with E-state index in [1.807, 2.05) is 18.2 Å². The fourth-order valence-corrected chi connectivity index (χ4v) is 5.34. The number of halogens is 3. The molecule has 29 heavy (non-hydrogen) atoms.